The molecular formula is C28H37N3O4. The molecule has 0 saturated heterocycles. The second kappa shape index (κ2) is 13.8. The zero-order valence-electron chi connectivity index (χ0n) is 21.0. The number of phenolic OH excluding ortho intramolecular Hbond substituents is 1. The number of hydrogen-bond donors (Lipinski definition) is 2. The molecule has 0 aliphatic heterocycles. The van der Waals surface area contributed by atoms with Crippen molar-refractivity contribution in [3.8, 4) is 34.3 Å². The van der Waals surface area contributed by atoms with E-state index in [0.29, 0.717) is 29.6 Å². The molecule has 3 aromatic rings. The smallest absolute Gasteiger partial charge is 0.167 e. The average Bonchev–Trinajstić information content (AvgIpc) is 2.84. The number of aliphatic hydroxyl groups is 1. The maximum atomic E-state index is 10.6. The number of aromatic nitrogens is 3. The highest BCUT2D eigenvalue weighted by atomic mass is 16.5. The third-order valence-corrected chi connectivity index (χ3v) is 5.80. The van der Waals surface area contributed by atoms with Gasteiger partial charge in [-0.15, -0.1) is 0 Å². The molecule has 35 heavy (non-hydrogen) atoms. The van der Waals surface area contributed by atoms with Crippen LogP contribution < -0.4 is 4.74 Å². The third kappa shape index (κ3) is 8.30. The van der Waals surface area contributed by atoms with E-state index in [4.69, 9.17) is 9.47 Å². The number of phenols is 1. The van der Waals surface area contributed by atoms with Crippen molar-refractivity contribution < 1.29 is 19.7 Å². The first-order valence-corrected chi connectivity index (χ1v) is 12.5. The number of benzene rings is 2. The van der Waals surface area contributed by atoms with Crippen LogP contribution in [0.15, 0.2) is 42.7 Å². The molecule has 7 heteroatoms. The fourth-order valence-corrected chi connectivity index (χ4v) is 3.85. The van der Waals surface area contributed by atoms with Gasteiger partial charge in [0.2, 0.25) is 0 Å². The van der Waals surface area contributed by atoms with Gasteiger partial charge in [0.25, 0.3) is 0 Å². The number of nitrogens with zero attached hydrogens (tertiary/aromatic N) is 3. The molecule has 1 heterocycles. The quantitative estimate of drug-likeness (QED) is 0.289. The van der Waals surface area contributed by atoms with Crippen molar-refractivity contribution in [2.75, 3.05) is 19.8 Å². The number of rotatable bonds is 14. The van der Waals surface area contributed by atoms with Crippen molar-refractivity contribution in [2.24, 2.45) is 0 Å². The lowest BCUT2D eigenvalue weighted by Crippen LogP contribution is -2.23. The number of aromatic hydroxyl groups is 1. The van der Waals surface area contributed by atoms with Gasteiger partial charge in [-0.05, 0) is 38.0 Å². The molecule has 0 bridgehead atoms. The molecule has 188 valence electrons. The van der Waals surface area contributed by atoms with Crippen LogP contribution in [0.5, 0.6) is 11.5 Å². The van der Waals surface area contributed by atoms with Crippen LogP contribution in [0.1, 0.15) is 56.6 Å². The Labute approximate surface area is 208 Å². The van der Waals surface area contributed by atoms with E-state index in [2.05, 4.69) is 27.9 Å². The zero-order chi connectivity index (χ0) is 25.0. The summed E-state index contributed by atoms with van der Waals surface area (Å²) in [7, 11) is 0. The Morgan fingerprint density at radius 1 is 0.857 bits per heavy atom. The second-order valence-corrected chi connectivity index (χ2v) is 8.94. The summed E-state index contributed by atoms with van der Waals surface area (Å²) >= 11 is 0. The minimum Gasteiger partial charge on any atom is -0.507 e. The van der Waals surface area contributed by atoms with Gasteiger partial charge in [0, 0.05) is 18.2 Å². The van der Waals surface area contributed by atoms with Gasteiger partial charge in [-0.25, -0.2) is 15.0 Å². The van der Waals surface area contributed by atoms with Crippen molar-refractivity contribution in [2.45, 2.75) is 65.4 Å². The van der Waals surface area contributed by atoms with Gasteiger partial charge < -0.3 is 19.7 Å². The van der Waals surface area contributed by atoms with Crippen LogP contribution in [-0.2, 0) is 4.74 Å². The molecule has 1 atom stereocenters. The lowest BCUT2D eigenvalue weighted by Gasteiger charge is -2.14. The summed E-state index contributed by atoms with van der Waals surface area (Å²) in [6.07, 6.45) is 7.93. The highest BCUT2D eigenvalue weighted by molar-refractivity contribution is 5.68. The predicted molar refractivity (Wildman–Crippen MR) is 138 cm³/mol. The summed E-state index contributed by atoms with van der Waals surface area (Å²) < 4.78 is 11.2. The minimum absolute atomic E-state index is 0.00547. The van der Waals surface area contributed by atoms with E-state index in [1.54, 1.807) is 12.1 Å². The van der Waals surface area contributed by atoms with Crippen molar-refractivity contribution in [3.63, 3.8) is 0 Å². The molecule has 7 nitrogen and oxygen atoms in total. The molecule has 0 amide bonds. The lowest BCUT2D eigenvalue weighted by molar-refractivity contribution is 0.0109. The van der Waals surface area contributed by atoms with Gasteiger partial charge in [0.05, 0.1) is 12.2 Å². The van der Waals surface area contributed by atoms with E-state index in [1.165, 1.54) is 43.6 Å². The predicted octanol–water partition coefficient (Wildman–Crippen LogP) is 5.64. The Bertz CT molecular complexity index is 1070. The van der Waals surface area contributed by atoms with Crippen LogP contribution in [0.4, 0.5) is 0 Å². The lowest BCUT2D eigenvalue weighted by atomic mass is 10.1. The number of aliphatic hydroxyl groups excluding tert-OH is 1. The van der Waals surface area contributed by atoms with Crippen LogP contribution in [0.2, 0.25) is 0 Å². The number of hydrogen-bond acceptors (Lipinski definition) is 7. The first-order chi connectivity index (χ1) is 17.0. The molecule has 0 saturated carbocycles. The van der Waals surface area contributed by atoms with E-state index < -0.39 is 6.10 Å². The van der Waals surface area contributed by atoms with E-state index in [0.717, 1.165) is 24.0 Å². The van der Waals surface area contributed by atoms with Crippen LogP contribution in [-0.4, -0.2) is 51.1 Å². The minimum atomic E-state index is -0.735. The summed E-state index contributed by atoms with van der Waals surface area (Å²) in [6, 6.07) is 11.0. The zero-order valence-corrected chi connectivity index (χ0v) is 21.0. The Morgan fingerprint density at radius 2 is 1.57 bits per heavy atom. The molecule has 0 spiro atoms. The second-order valence-electron chi connectivity index (χ2n) is 8.94. The largest absolute Gasteiger partial charge is 0.507 e. The number of aryl methyl sites for hydroxylation is 2. The molecule has 2 aromatic carbocycles. The van der Waals surface area contributed by atoms with E-state index in [9.17, 15) is 10.2 Å². The fraction of sp³-hybridized carbons (Fsp3) is 0.464. The summed E-state index contributed by atoms with van der Waals surface area (Å²) in [6.45, 7) is 7.22. The van der Waals surface area contributed by atoms with Gasteiger partial charge in [-0.2, -0.15) is 0 Å². The van der Waals surface area contributed by atoms with Crippen molar-refractivity contribution in [3.05, 3.63) is 53.9 Å². The van der Waals surface area contributed by atoms with Crippen LogP contribution in [0.25, 0.3) is 22.8 Å². The van der Waals surface area contributed by atoms with E-state index >= 15 is 0 Å². The molecule has 0 aliphatic rings. The van der Waals surface area contributed by atoms with E-state index in [-0.39, 0.29) is 19.0 Å². The topological polar surface area (TPSA) is 97.6 Å². The summed E-state index contributed by atoms with van der Waals surface area (Å²) in [5, 5.41) is 20.7. The van der Waals surface area contributed by atoms with Gasteiger partial charge in [0.1, 0.15) is 30.5 Å². The van der Waals surface area contributed by atoms with Gasteiger partial charge in [0.15, 0.2) is 11.6 Å². The summed E-state index contributed by atoms with van der Waals surface area (Å²) in [5.41, 5.74) is 3.65. The SMILES string of the molecule is CCCCCCCCOCC(O)COc1ccc(-c2ncnc(-c3ccc(C)cc3C)n2)c(O)c1. The average molecular weight is 480 g/mol. The Morgan fingerprint density at radius 3 is 2.31 bits per heavy atom. The molecule has 0 fully saturated rings. The normalized spacial score (nSPS) is 12.0. The van der Waals surface area contributed by atoms with Crippen molar-refractivity contribution in [1.82, 2.24) is 15.0 Å². The molecule has 3 rings (SSSR count). The maximum absolute atomic E-state index is 10.6. The van der Waals surface area contributed by atoms with Gasteiger partial charge in [-0.3, -0.25) is 0 Å². The van der Waals surface area contributed by atoms with Crippen LogP contribution >= 0.6 is 0 Å². The van der Waals surface area contributed by atoms with Crippen LogP contribution in [0, 0.1) is 13.8 Å². The molecule has 1 unspecified atom stereocenters. The maximum Gasteiger partial charge on any atom is 0.167 e. The third-order valence-electron chi connectivity index (χ3n) is 5.80. The van der Waals surface area contributed by atoms with Crippen molar-refractivity contribution >= 4 is 0 Å². The Hall–Kier alpha value is -3.03. The van der Waals surface area contributed by atoms with Gasteiger partial charge in [-0.1, -0.05) is 62.8 Å². The Kier molecular flexibility index (Phi) is 10.4. The van der Waals surface area contributed by atoms with Crippen LogP contribution in [0.3, 0.4) is 0 Å². The monoisotopic (exact) mass is 479 g/mol. The molecule has 2 N–H and O–H groups in total. The highest BCUT2D eigenvalue weighted by Crippen LogP contribution is 2.31. The van der Waals surface area contributed by atoms with E-state index in [1.807, 2.05) is 26.0 Å². The first-order valence-electron chi connectivity index (χ1n) is 12.5. The fourth-order valence-electron chi connectivity index (χ4n) is 3.85. The van der Waals surface area contributed by atoms with Crippen molar-refractivity contribution in [1.29, 1.82) is 0 Å². The number of ether oxygens (including phenoxy) is 2. The molecule has 1 aromatic heterocycles. The summed E-state index contributed by atoms with van der Waals surface area (Å²) in [4.78, 5) is 13.1. The Balaban J connectivity index is 1.51. The molecule has 0 aliphatic carbocycles. The molecular weight excluding hydrogens is 442 g/mol. The highest BCUT2D eigenvalue weighted by Gasteiger charge is 2.13. The standard InChI is InChI=1S/C28H37N3O4/c1-4-5-6-7-8-9-14-34-17-22(32)18-35-23-11-13-25(26(33)16-23)28-30-19-29-27(31-28)24-12-10-20(2)15-21(24)3/h10-13,15-16,19,22,32-33H,4-9,14,17-18H2,1-3H3. The van der Waals surface area contributed by atoms with Gasteiger partial charge >= 0.3 is 0 Å². The molecule has 0 radical (unpaired) electrons. The first kappa shape index (κ1) is 26.6. The summed E-state index contributed by atoms with van der Waals surface area (Å²) in [5.74, 6) is 1.37. The number of unbranched alkanes of at least 4 members (excludes halogenated alkanes) is 5.